The first-order valence-electron chi connectivity index (χ1n) is 7.48. The van der Waals surface area contributed by atoms with Crippen LogP contribution in [0.3, 0.4) is 0 Å². The van der Waals surface area contributed by atoms with Crippen molar-refractivity contribution in [1.82, 2.24) is 9.78 Å². The maximum atomic E-state index is 6.28. The van der Waals surface area contributed by atoms with Crippen molar-refractivity contribution in [3.63, 3.8) is 0 Å². The molecule has 3 rings (SSSR count). The summed E-state index contributed by atoms with van der Waals surface area (Å²) < 4.78 is 2.13. The van der Waals surface area contributed by atoms with Crippen LogP contribution in [0.2, 0.25) is 0 Å². The Morgan fingerprint density at radius 3 is 2.55 bits per heavy atom. The van der Waals surface area contributed by atoms with E-state index in [0.717, 1.165) is 12.8 Å². The molecule has 1 aliphatic rings. The summed E-state index contributed by atoms with van der Waals surface area (Å²) in [4.78, 5) is 0. The maximum Gasteiger partial charge on any atom is 0.0707 e. The highest BCUT2D eigenvalue weighted by atomic mass is 15.3. The van der Waals surface area contributed by atoms with Crippen LogP contribution in [-0.2, 0) is 6.42 Å². The Kier molecular flexibility index (Phi) is 3.38. The first-order chi connectivity index (χ1) is 9.58. The standard InChI is InChI=1S/C17H23N3/c1-11-8-12(2)17(13(3)9-11)20-16-7-5-4-6-15(18)14(16)10-19-20/h8-10,15H,4-7,18H2,1-3H3. The van der Waals surface area contributed by atoms with Crippen molar-refractivity contribution in [2.24, 2.45) is 5.73 Å². The lowest BCUT2D eigenvalue weighted by Crippen LogP contribution is -2.11. The van der Waals surface area contributed by atoms with Crippen LogP contribution >= 0.6 is 0 Å². The molecule has 106 valence electrons. The SMILES string of the molecule is Cc1cc(C)c(-n2ncc3c2CCCCC3N)c(C)c1. The minimum absolute atomic E-state index is 0.146. The third-order valence-corrected chi connectivity index (χ3v) is 4.33. The van der Waals surface area contributed by atoms with Crippen LogP contribution in [0.15, 0.2) is 18.3 Å². The van der Waals surface area contributed by atoms with Crippen LogP contribution in [-0.4, -0.2) is 9.78 Å². The van der Waals surface area contributed by atoms with Crippen LogP contribution in [0, 0.1) is 20.8 Å². The molecule has 2 aromatic rings. The molecule has 1 heterocycles. The largest absolute Gasteiger partial charge is 0.324 e. The zero-order valence-corrected chi connectivity index (χ0v) is 12.6. The molecule has 1 atom stereocenters. The summed E-state index contributed by atoms with van der Waals surface area (Å²) in [6.45, 7) is 6.48. The molecule has 0 saturated heterocycles. The van der Waals surface area contributed by atoms with Gasteiger partial charge in [0.05, 0.1) is 11.9 Å². The van der Waals surface area contributed by atoms with Gasteiger partial charge in [-0.25, -0.2) is 4.68 Å². The molecule has 0 radical (unpaired) electrons. The molecule has 0 bridgehead atoms. The van der Waals surface area contributed by atoms with Crippen molar-refractivity contribution < 1.29 is 0 Å². The van der Waals surface area contributed by atoms with Gasteiger partial charge in [0, 0.05) is 17.3 Å². The lowest BCUT2D eigenvalue weighted by Gasteiger charge is -2.15. The summed E-state index contributed by atoms with van der Waals surface area (Å²) in [7, 11) is 0. The van der Waals surface area contributed by atoms with Gasteiger partial charge in [0.25, 0.3) is 0 Å². The topological polar surface area (TPSA) is 43.8 Å². The second kappa shape index (κ2) is 5.06. The molecule has 2 N–H and O–H groups in total. The number of hydrogen-bond acceptors (Lipinski definition) is 2. The molecular weight excluding hydrogens is 246 g/mol. The van der Waals surface area contributed by atoms with Gasteiger partial charge >= 0.3 is 0 Å². The third kappa shape index (κ3) is 2.16. The Labute approximate surface area is 120 Å². The van der Waals surface area contributed by atoms with E-state index in [9.17, 15) is 0 Å². The predicted octanol–water partition coefficient (Wildman–Crippen LogP) is 3.52. The Balaban J connectivity index is 2.17. The van der Waals surface area contributed by atoms with Gasteiger partial charge in [-0.2, -0.15) is 5.10 Å². The molecule has 3 nitrogen and oxygen atoms in total. The van der Waals surface area contributed by atoms with E-state index in [2.05, 4.69) is 42.7 Å². The van der Waals surface area contributed by atoms with E-state index in [0.29, 0.717) is 0 Å². The number of aromatic nitrogens is 2. The van der Waals surface area contributed by atoms with Gasteiger partial charge in [-0.15, -0.1) is 0 Å². The van der Waals surface area contributed by atoms with Crippen molar-refractivity contribution >= 4 is 0 Å². The Morgan fingerprint density at radius 2 is 1.85 bits per heavy atom. The van der Waals surface area contributed by atoms with E-state index in [1.807, 2.05) is 6.20 Å². The van der Waals surface area contributed by atoms with E-state index >= 15 is 0 Å². The number of aryl methyl sites for hydroxylation is 3. The van der Waals surface area contributed by atoms with Gasteiger partial charge in [0.2, 0.25) is 0 Å². The quantitative estimate of drug-likeness (QED) is 0.805. The lowest BCUT2D eigenvalue weighted by atomic mass is 10.0. The minimum atomic E-state index is 0.146. The summed E-state index contributed by atoms with van der Waals surface area (Å²) in [6, 6.07) is 4.60. The fourth-order valence-corrected chi connectivity index (χ4v) is 3.46. The number of nitrogens with zero attached hydrogens (tertiary/aromatic N) is 2. The summed E-state index contributed by atoms with van der Waals surface area (Å²) in [5, 5.41) is 4.65. The van der Waals surface area contributed by atoms with Crippen LogP contribution in [0.5, 0.6) is 0 Å². The highest BCUT2D eigenvalue weighted by Crippen LogP contribution is 2.30. The molecule has 0 amide bonds. The van der Waals surface area contributed by atoms with Gasteiger partial charge < -0.3 is 5.73 Å². The fraction of sp³-hybridized carbons (Fsp3) is 0.471. The Morgan fingerprint density at radius 1 is 1.15 bits per heavy atom. The first-order valence-corrected chi connectivity index (χ1v) is 7.48. The van der Waals surface area contributed by atoms with E-state index in [1.54, 1.807) is 0 Å². The monoisotopic (exact) mass is 269 g/mol. The number of benzene rings is 1. The second-order valence-corrected chi connectivity index (χ2v) is 6.06. The predicted molar refractivity (Wildman–Crippen MR) is 82.3 cm³/mol. The first kappa shape index (κ1) is 13.4. The van der Waals surface area contributed by atoms with Crippen molar-refractivity contribution in [3.8, 4) is 5.69 Å². The number of nitrogens with two attached hydrogens (primary N) is 1. The van der Waals surface area contributed by atoms with Crippen LogP contribution < -0.4 is 5.73 Å². The minimum Gasteiger partial charge on any atom is -0.324 e. The van der Waals surface area contributed by atoms with Gasteiger partial charge in [0.1, 0.15) is 0 Å². The number of fused-ring (bicyclic) bond motifs is 1. The van der Waals surface area contributed by atoms with Crippen molar-refractivity contribution in [2.75, 3.05) is 0 Å². The second-order valence-electron chi connectivity index (χ2n) is 6.06. The van der Waals surface area contributed by atoms with E-state index in [1.165, 1.54) is 46.5 Å². The van der Waals surface area contributed by atoms with E-state index in [4.69, 9.17) is 5.73 Å². The molecule has 1 unspecified atom stereocenters. The van der Waals surface area contributed by atoms with E-state index < -0.39 is 0 Å². The molecule has 1 aromatic carbocycles. The Hall–Kier alpha value is -1.61. The van der Waals surface area contributed by atoms with Crippen molar-refractivity contribution in [1.29, 1.82) is 0 Å². The molecule has 3 heteroatoms. The summed E-state index contributed by atoms with van der Waals surface area (Å²) in [6.07, 6.45) is 6.54. The van der Waals surface area contributed by atoms with Crippen LogP contribution in [0.4, 0.5) is 0 Å². The molecule has 1 aliphatic carbocycles. The average Bonchev–Trinajstić information content (AvgIpc) is 2.68. The highest BCUT2D eigenvalue weighted by molar-refractivity contribution is 5.50. The van der Waals surface area contributed by atoms with E-state index in [-0.39, 0.29) is 6.04 Å². The fourth-order valence-electron chi connectivity index (χ4n) is 3.46. The number of hydrogen-bond donors (Lipinski definition) is 1. The van der Waals surface area contributed by atoms with Crippen molar-refractivity contribution in [3.05, 3.63) is 46.3 Å². The zero-order chi connectivity index (χ0) is 14.3. The smallest absolute Gasteiger partial charge is 0.0707 e. The van der Waals surface area contributed by atoms with Crippen molar-refractivity contribution in [2.45, 2.75) is 52.5 Å². The normalized spacial score (nSPS) is 18.7. The third-order valence-electron chi connectivity index (χ3n) is 4.33. The molecule has 0 spiro atoms. The summed E-state index contributed by atoms with van der Waals surface area (Å²) >= 11 is 0. The molecule has 20 heavy (non-hydrogen) atoms. The average molecular weight is 269 g/mol. The van der Waals surface area contributed by atoms with Gasteiger partial charge in [-0.05, 0) is 51.2 Å². The molecule has 1 aromatic heterocycles. The van der Waals surface area contributed by atoms with Crippen LogP contribution in [0.1, 0.15) is 53.3 Å². The Bertz CT molecular complexity index is 617. The van der Waals surface area contributed by atoms with Gasteiger partial charge in [-0.1, -0.05) is 24.1 Å². The summed E-state index contributed by atoms with van der Waals surface area (Å²) in [5.74, 6) is 0. The highest BCUT2D eigenvalue weighted by Gasteiger charge is 2.21. The number of rotatable bonds is 1. The lowest BCUT2D eigenvalue weighted by molar-refractivity contribution is 0.611. The van der Waals surface area contributed by atoms with Crippen LogP contribution in [0.25, 0.3) is 5.69 Å². The molecular formula is C17H23N3. The van der Waals surface area contributed by atoms with Gasteiger partial charge in [-0.3, -0.25) is 0 Å². The molecule has 0 fully saturated rings. The summed E-state index contributed by atoms with van der Waals surface area (Å²) in [5.41, 5.74) is 13.9. The molecule has 0 aliphatic heterocycles. The maximum absolute atomic E-state index is 6.28. The molecule has 0 saturated carbocycles. The zero-order valence-electron chi connectivity index (χ0n) is 12.6. The van der Waals surface area contributed by atoms with Gasteiger partial charge in [0.15, 0.2) is 0 Å².